The molecule has 0 heterocycles. The Morgan fingerprint density at radius 3 is 1.34 bits per heavy atom. The van der Waals surface area contributed by atoms with Crippen molar-refractivity contribution in [3.63, 3.8) is 0 Å². The molecule has 0 radical (unpaired) electrons. The van der Waals surface area contributed by atoms with Gasteiger partial charge in [-0.15, -0.1) is 0 Å². The Morgan fingerprint density at radius 2 is 0.914 bits per heavy atom. The molecule has 6 rings (SSSR count). The second-order valence-corrected chi connectivity index (χ2v) is 12.1. The second-order valence-electron chi connectivity index (χ2n) is 8.84. The molecule has 0 nitrogen and oxygen atoms in total. The molecule has 0 N–H and O–H groups in total. The second kappa shape index (κ2) is 10.8. The maximum Gasteiger partial charge on any atom is -1.00 e. The van der Waals surface area contributed by atoms with E-state index in [0.717, 1.165) is 0 Å². The van der Waals surface area contributed by atoms with Gasteiger partial charge in [0.25, 0.3) is 0 Å². The Hall–Kier alpha value is -2.18. The molecule has 0 saturated carbocycles. The molecule has 3 heteroatoms. The van der Waals surface area contributed by atoms with Gasteiger partial charge < -0.3 is 24.8 Å². The number of allylic oxidation sites excluding steroid dienone is 4. The summed E-state index contributed by atoms with van der Waals surface area (Å²) in [6.45, 7) is 4.29. The monoisotopic (exact) mass is 570 g/mol. The summed E-state index contributed by atoms with van der Waals surface area (Å²) >= 11 is -1.04. The van der Waals surface area contributed by atoms with Gasteiger partial charge in [0.1, 0.15) is 0 Å². The van der Waals surface area contributed by atoms with Crippen LogP contribution in [0, 0.1) is 0 Å². The van der Waals surface area contributed by atoms with E-state index in [1.165, 1.54) is 33.4 Å². The normalized spacial score (nSPS) is 16.6. The van der Waals surface area contributed by atoms with Crippen LogP contribution in [-0.2, 0) is 23.2 Å². The third-order valence-electron chi connectivity index (χ3n) is 7.05. The van der Waals surface area contributed by atoms with Crippen molar-refractivity contribution in [1.29, 1.82) is 0 Å². The van der Waals surface area contributed by atoms with Crippen molar-refractivity contribution in [3.05, 3.63) is 131 Å². The van der Waals surface area contributed by atoms with Crippen molar-refractivity contribution in [2.45, 2.75) is 25.7 Å². The van der Waals surface area contributed by atoms with Crippen LogP contribution in [0.4, 0.5) is 0 Å². The Morgan fingerprint density at radius 1 is 0.514 bits per heavy atom. The fourth-order valence-electron chi connectivity index (χ4n) is 5.76. The van der Waals surface area contributed by atoms with Gasteiger partial charge in [-0.2, -0.15) is 0 Å². The van der Waals surface area contributed by atoms with Gasteiger partial charge in [0.15, 0.2) is 0 Å². The minimum absolute atomic E-state index is 0. The molecule has 0 fully saturated rings. The van der Waals surface area contributed by atoms with Gasteiger partial charge in [-0.05, 0) is 0 Å². The molecule has 4 aromatic carbocycles. The molecule has 0 spiro atoms. The molecule has 2 unspecified atom stereocenters. The summed E-state index contributed by atoms with van der Waals surface area (Å²) in [5.74, 6) is 0.747. The molecule has 4 aromatic rings. The Labute approximate surface area is 232 Å². The van der Waals surface area contributed by atoms with E-state index in [2.05, 4.69) is 123 Å². The first-order valence-corrected chi connectivity index (χ1v) is 14.2. The Kier molecular flexibility index (Phi) is 8.02. The molecular weight excluding hydrogens is 546 g/mol. The quantitative estimate of drug-likeness (QED) is 0.322. The first kappa shape index (κ1) is 25.9. The van der Waals surface area contributed by atoms with Crippen LogP contribution in [0.2, 0.25) is 0 Å². The van der Waals surface area contributed by atoms with Crippen LogP contribution in [0.3, 0.4) is 0 Å². The molecule has 2 aliphatic rings. The van der Waals surface area contributed by atoms with Gasteiger partial charge in [-0.25, -0.2) is 0 Å². The maximum atomic E-state index is 2.42. The van der Waals surface area contributed by atoms with E-state index in [0.29, 0.717) is 11.8 Å². The van der Waals surface area contributed by atoms with Crippen LogP contribution in [0.15, 0.2) is 109 Å². The fraction of sp³-hybridized carbons (Fsp3) is 0.125. The van der Waals surface area contributed by atoms with Crippen molar-refractivity contribution in [2.75, 3.05) is 0 Å². The fourth-order valence-corrected chi connectivity index (χ4v) is 9.44. The van der Waals surface area contributed by atoms with Crippen LogP contribution < -0.4 is 31.4 Å². The van der Waals surface area contributed by atoms with E-state index in [-0.39, 0.29) is 24.8 Å². The zero-order chi connectivity index (χ0) is 22.4. The average Bonchev–Trinajstić information content (AvgIpc) is 3.35. The van der Waals surface area contributed by atoms with Gasteiger partial charge >= 0.3 is 209 Å². The summed E-state index contributed by atoms with van der Waals surface area (Å²) in [6.07, 6.45) is 9.22. The van der Waals surface area contributed by atoms with Gasteiger partial charge in [-0.1, -0.05) is 0 Å². The molecule has 172 valence electrons. The number of halogens is 2. The predicted molar refractivity (Wildman–Crippen MR) is 136 cm³/mol. The number of benzene rings is 4. The number of rotatable bonds is 4. The van der Waals surface area contributed by atoms with Crippen molar-refractivity contribution >= 4 is 6.54 Å². The van der Waals surface area contributed by atoms with Crippen molar-refractivity contribution in [2.24, 2.45) is 0 Å². The molecule has 35 heavy (non-hydrogen) atoms. The van der Waals surface area contributed by atoms with Crippen LogP contribution in [0.1, 0.15) is 47.9 Å². The van der Waals surface area contributed by atoms with Crippen LogP contribution >= 0.6 is 0 Å². The Bertz CT molecular complexity index is 1320. The zero-order valence-electron chi connectivity index (χ0n) is 19.8. The molecule has 2 aliphatic carbocycles. The predicted octanol–water partition coefficient (Wildman–Crippen LogP) is 1.10. The minimum atomic E-state index is -1.04. The molecule has 0 bridgehead atoms. The molecular formula is C32H26Cl2Zr. The number of hydrogen-bond acceptors (Lipinski definition) is 0. The van der Waals surface area contributed by atoms with Crippen LogP contribution in [0.5, 0.6) is 0 Å². The van der Waals surface area contributed by atoms with E-state index in [1.807, 2.05) is 0 Å². The van der Waals surface area contributed by atoms with E-state index in [9.17, 15) is 0 Å². The first-order valence-electron chi connectivity index (χ1n) is 11.8. The van der Waals surface area contributed by atoms with Gasteiger partial charge in [0.2, 0.25) is 0 Å². The number of fused-ring (bicyclic) bond motifs is 6. The third kappa shape index (κ3) is 4.23. The molecule has 0 amide bonds. The summed E-state index contributed by atoms with van der Waals surface area (Å²) < 4.78 is 3.22. The smallest absolute Gasteiger partial charge is 1.00 e. The van der Waals surface area contributed by atoms with E-state index in [4.69, 9.17) is 0 Å². The largest absolute Gasteiger partial charge is 1.00 e. The summed E-state index contributed by atoms with van der Waals surface area (Å²) in [5, 5.41) is 0. The van der Waals surface area contributed by atoms with Crippen LogP contribution in [-0.4, -0.2) is 0 Å². The van der Waals surface area contributed by atoms with Crippen molar-refractivity contribution in [3.8, 4) is 22.3 Å². The summed E-state index contributed by atoms with van der Waals surface area (Å²) in [4.78, 5) is 0. The maximum absolute atomic E-state index is 2.42. The minimum Gasteiger partial charge on any atom is -1.00 e. The summed E-state index contributed by atoms with van der Waals surface area (Å²) in [7, 11) is 0. The average molecular weight is 573 g/mol. The molecule has 2 atom stereocenters. The van der Waals surface area contributed by atoms with E-state index >= 15 is 0 Å². The zero-order valence-corrected chi connectivity index (χ0v) is 23.8. The van der Waals surface area contributed by atoms with Crippen LogP contribution in [0.25, 0.3) is 22.3 Å². The van der Waals surface area contributed by atoms with Gasteiger partial charge in [-0.3, -0.25) is 0 Å². The Balaban J connectivity index is 0.00000144. The van der Waals surface area contributed by atoms with Crippen molar-refractivity contribution < 1.29 is 48.0 Å². The third-order valence-corrected chi connectivity index (χ3v) is 10.5. The number of hydrogen-bond donors (Lipinski definition) is 0. The van der Waals surface area contributed by atoms with Gasteiger partial charge in [0.05, 0.1) is 0 Å². The summed E-state index contributed by atoms with van der Waals surface area (Å²) in [5.41, 5.74) is 11.7. The molecule has 0 aromatic heterocycles. The molecule has 0 aliphatic heterocycles. The van der Waals surface area contributed by atoms with Crippen molar-refractivity contribution in [1.82, 2.24) is 0 Å². The SMILES string of the molecule is CC=CC1c2ccccc2-c2ccc[c]([Zr+2][c]3cccc4c3C(C=CC)c3ccccc3-4)c21.[Cl-].[Cl-]. The topological polar surface area (TPSA) is 0 Å². The molecule has 0 saturated heterocycles. The van der Waals surface area contributed by atoms with Gasteiger partial charge in [0, 0.05) is 0 Å². The first-order chi connectivity index (χ1) is 16.3. The standard InChI is InChI=1S/2C16H13.2ClH.Zr/c2*1-2-7-12-13-8-3-5-10-15(13)16-11-6-4-9-14(12)16;;;/h2*2-8,10-12H,1H3;2*1H;/q;;;;+2/p-2. The summed E-state index contributed by atoms with van der Waals surface area (Å²) in [6, 6.07) is 32.0. The van der Waals surface area contributed by atoms with E-state index < -0.39 is 23.2 Å². The van der Waals surface area contributed by atoms with E-state index in [1.54, 1.807) is 17.7 Å².